The third-order valence-corrected chi connectivity index (χ3v) is 5.80. The summed E-state index contributed by atoms with van der Waals surface area (Å²) in [6.45, 7) is 0. The molecule has 4 rings (SSSR count). The predicted molar refractivity (Wildman–Crippen MR) is 97.6 cm³/mol. The van der Waals surface area contributed by atoms with Crippen LogP contribution < -0.4 is 15.8 Å². The van der Waals surface area contributed by atoms with Crippen molar-refractivity contribution < 1.29 is 9.53 Å². The maximum absolute atomic E-state index is 12.8. The lowest BCUT2D eigenvalue weighted by Gasteiger charge is -2.45. The van der Waals surface area contributed by atoms with Crippen molar-refractivity contribution in [3.63, 3.8) is 0 Å². The minimum absolute atomic E-state index is 0.0740. The predicted octanol–water partition coefficient (Wildman–Crippen LogP) is 2.88. The van der Waals surface area contributed by atoms with Crippen LogP contribution in [0.3, 0.4) is 0 Å². The van der Waals surface area contributed by atoms with Gasteiger partial charge in [0, 0.05) is 17.5 Å². The van der Waals surface area contributed by atoms with Crippen LogP contribution in [0.2, 0.25) is 0 Å². The van der Waals surface area contributed by atoms with E-state index in [-0.39, 0.29) is 18.0 Å². The number of methoxy groups -OCH3 is 1. The van der Waals surface area contributed by atoms with Crippen molar-refractivity contribution >= 4 is 16.8 Å². The number of carbonyl (C=O) groups is 1. The smallest absolute Gasteiger partial charge is 0.270 e. The first kappa shape index (κ1) is 16.3. The normalized spacial score (nSPS) is 28.6. The van der Waals surface area contributed by atoms with Crippen LogP contribution in [0.1, 0.15) is 42.6 Å². The Bertz CT molecular complexity index is 778. The molecule has 0 saturated heterocycles. The summed E-state index contributed by atoms with van der Waals surface area (Å²) in [7, 11) is 1.64. The second-order valence-electron chi connectivity index (χ2n) is 7.44. The van der Waals surface area contributed by atoms with Gasteiger partial charge in [0.15, 0.2) is 0 Å². The molecule has 2 aliphatic carbocycles. The lowest BCUT2D eigenvalue weighted by atomic mass is 9.67. The Kier molecular flexibility index (Phi) is 4.34. The molecule has 132 valence electrons. The van der Waals surface area contributed by atoms with E-state index in [1.54, 1.807) is 13.2 Å². The third-order valence-electron chi connectivity index (χ3n) is 5.80. The first-order valence-electron chi connectivity index (χ1n) is 9.15. The SMILES string of the molecule is COc1ccc2nc(C(=O)NC3C4CCCC3CC(N)C4)ccc2c1. The summed E-state index contributed by atoms with van der Waals surface area (Å²) < 4.78 is 5.23. The van der Waals surface area contributed by atoms with Gasteiger partial charge in [-0.25, -0.2) is 4.98 Å². The van der Waals surface area contributed by atoms with E-state index < -0.39 is 0 Å². The fourth-order valence-corrected chi connectivity index (χ4v) is 4.61. The number of pyridine rings is 1. The van der Waals surface area contributed by atoms with Crippen molar-refractivity contribution in [3.05, 3.63) is 36.0 Å². The fourth-order valence-electron chi connectivity index (χ4n) is 4.61. The molecule has 2 saturated carbocycles. The van der Waals surface area contributed by atoms with Gasteiger partial charge in [-0.3, -0.25) is 4.79 Å². The van der Waals surface area contributed by atoms with Gasteiger partial charge in [0.05, 0.1) is 12.6 Å². The van der Waals surface area contributed by atoms with Crippen molar-refractivity contribution in [3.8, 4) is 5.75 Å². The average Bonchev–Trinajstić information content (AvgIpc) is 2.61. The number of benzene rings is 1. The molecule has 5 nitrogen and oxygen atoms in total. The second kappa shape index (κ2) is 6.64. The van der Waals surface area contributed by atoms with Crippen LogP contribution in [0, 0.1) is 11.8 Å². The molecule has 2 atom stereocenters. The molecule has 1 aromatic carbocycles. The van der Waals surface area contributed by atoms with Gasteiger partial charge >= 0.3 is 0 Å². The standard InChI is InChI=1S/C20H25N3O2/c1-25-16-6-8-17-12(11-16)5-7-18(22-17)20(24)23-19-13-3-2-4-14(19)10-15(21)9-13/h5-8,11,13-15,19H,2-4,9-10,21H2,1H3,(H,23,24). The molecule has 2 bridgehead atoms. The molecule has 2 aromatic rings. The maximum atomic E-state index is 12.8. The van der Waals surface area contributed by atoms with Crippen LogP contribution in [0.4, 0.5) is 0 Å². The Hall–Kier alpha value is -2.14. The summed E-state index contributed by atoms with van der Waals surface area (Å²) >= 11 is 0. The van der Waals surface area contributed by atoms with Crippen LogP contribution in [-0.2, 0) is 0 Å². The summed E-state index contributed by atoms with van der Waals surface area (Å²) in [5.74, 6) is 1.74. The summed E-state index contributed by atoms with van der Waals surface area (Å²) in [5, 5.41) is 4.23. The van der Waals surface area contributed by atoms with Crippen molar-refractivity contribution in [2.24, 2.45) is 17.6 Å². The number of rotatable bonds is 3. The van der Waals surface area contributed by atoms with Gasteiger partial charge < -0.3 is 15.8 Å². The highest BCUT2D eigenvalue weighted by atomic mass is 16.5. The van der Waals surface area contributed by atoms with E-state index in [9.17, 15) is 4.79 Å². The van der Waals surface area contributed by atoms with Gasteiger partial charge in [-0.05, 0) is 61.8 Å². The van der Waals surface area contributed by atoms with Crippen molar-refractivity contribution in [1.29, 1.82) is 0 Å². The summed E-state index contributed by atoms with van der Waals surface area (Å²) in [5.41, 5.74) is 7.46. The van der Waals surface area contributed by atoms with E-state index >= 15 is 0 Å². The zero-order chi connectivity index (χ0) is 17.4. The average molecular weight is 339 g/mol. The summed E-state index contributed by atoms with van der Waals surface area (Å²) in [4.78, 5) is 17.3. The van der Waals surface area contributed by atoms with E-state index in [0.29, 0.717) is 17.5 Å². The number of aromatic nitrogens is 1. The zero-order valence-electron chi connectivity index (χ0n) is 14.6. The fraction of sp³-hybridized carbons (Fsp3) is 0.500. The Balaban J connectivity index is 1.53. The molecule has 1 amide bonds. The summed E-state index contributed by atoms with van der Waals surface area (Å²) in [6.07, 6.45) is 5.63. The molecular formula is C20H25N3O2. The number of hydrogen-bond acceptors (Lipinski definition) is 4. The van der Waals surface area contributed by atoms with Gasteiger partial charge in [-0.2, -0.15) is 0 Å². The molecule has 2 unspecified atom stereocenters. The summed E-state index contributed by atoms with van der Waals surface area (Å²) in [6, 6.07) is 9.94. The highest BCUT2D eigenvalue weighted by Gasteiger charge is 2.40. The number of hydrogen-bond donors (Lipinski definition) is 2. The minimum atomic E-state index is -0.0740. The third kappa shape index (κ3) is 3.21. The van der Waals surface area contributed by atoms with Gasteiger partial charge in [-0.15, -0.1) is 0 Å². The van der Waals surface area contributed by atoms with E-state index in [1.807, 2.05) is 24.3 Å². The first-order chi connectivity index (χ1) is 12.1. The van der Waals surface area contributed by atoms with Gasteiger partial charge in [-0.1, -0.05) is 12.5 Å². The highest BCUT2D eigenvalue weighted by molar-refractivity contribution is 5.95. The Labute approximate surface area is 148 Å². The molecule has 0 radical (unpaired) electrons. The number of ether oxygens (including phenoxy) is 1. The molecular weight excluding hydrogens is 314 g/mol. The van der Waals surface area contributed by atoms with Crippen LogP contribution in [0.15, 0.2) is 30.3 Å². The number of nitrogens with zero attached hydrogens (tertiary/aromatic N) is 1. The van der Waals surface area contributed by atoms with Crippen LogP contribution in [0.25, 0.3) is 10.9 Å². The maximum Gasteiger partial charge on any atom is 0.270 e. The second-order valence-corrected chi connectivity index (χ2v) is 7.44. The van der Waals surface area contributed by atoms with E-state index in [4.69, 9.17) is 10.5 Å². The van der Waals surface area contributed by atoms with Crippen molar-refractivity contribution in [2.75, 3.05) is 7.11 Å². The molecule has 1 aromatic heterocycles. The molecule has 5 heteroatoms. The largest absolute Gasteiger partial charge is 0.497 e. The van der Waals surface area contributed by atoms with Crippen LogP contribution in [0.5, 0.6) is 5.75 Å². The van der Waals surface area contributed by atoms with E-state index in [2.05, 4.69) is 10.3 Å². The molecule has 1 heterocycles. The molecule has 0 spiro atoms. The highest BCUT2D eigenvalue weighted by Crippen LogP contribution is 2.39. The van der Waals surface area contributed by atoms with Crippen LogP contribution >= 0.6 is 0 Å². The van der Waals surface area contributed by atoms with Gasteiger partial charge in [0.1, 0.15) is 11.4 Å². The first-order valence-corrected chi connectivity index (χ1v) is 9.15. The van der Waals surface area contributed by atoms with E-state index in [0.717, 1.165) is 29.5 Å². The molecule has 2 fully saturated rings. The Morgan fingerprint density at radius 1 is 1.20 bits per heavy atom. The monoisotopic (exact) mass is 339 g/mol. The number of carbonyl (C=O) groups excluding carboxylic acids is 1. The zero-order valence-corrected chi connectivity index (χ0v) is 14.6. The van der Waals surface area contributed by atoms with Crippen molar-refractivity contribution in [1.82, 2.24) is 10.3 Å². The topological polar surface area (TPSA) is 77.2 Å². The molecule has 3 N–H and O–H groups in total. The Morgan fingerprint density at radius 3 is 2.68 bits per heavy atom. The van der Waals surface area contributed by atoms with Crippen LogP contribution in [-0.4, -0.2) is 30.1 Å². The van der Waals surface area contributed by atoms with E-state index in [1.165, 1.54) is 19.3 Å². The molecule has 25 heavy (non-hydrogen) atoms. The molecule has 0 aliphatic heterocycles. The Morgan fingerprint density at radius 2 is 1.96 bits per heavy atom. The number of amides is 1. The number of nitrogens with one attached hydrogen (secondary N) is 1. The lowest BCUT2D eigenvalue weighted by molar-refractivity contribution is 0.0752. The van der Waals surface area contributed by atoms with Gasteiger partial charge in [0.2, 0.25) is 0 Å². The minimum Gasteiger partial charge on any atom is -0.497 e. The lowest BCUT2D eigenvalue weighted by Crippen LogP contribution is -2.53. The number of nitrogens with two attached hydrogens (primary N) is 1. The number of fused-ring (bicyclic) bond motifs is 3. The van der Waals surface area contributed by atoms with Gasteiger partial charge in [0.25, 0.3) is 5.91 Å². The quantitative estimate of drug-likeness (QED) is 0.901. The van der Waals surface area contributed by atoms with Crippen molar-refractivity contribution in [2.45, 2.75) is 44.2 Å². The molecule has 2 aliphatic rings.